The second kappa shape index (κ2) is 4.61. The van der Waals surface area contributed by atoms with Crippen molar-refractivity contribution in [2.24, 2.45) is 0 Å². The van der Waals surface area contributed by atoms with Crippen LogP contribution in [-0.2, 0) is 0 Å². The van der Waals surface area contributed by atoms with Gasteiger partial charge in [-0.3, -0.25) is 4.57 Å². The largest absolute Gasteiger partial charge is 0.478 e. The Morgan fingerprint density at radius 2 is 1.65 bits per heavy atom. The summed E-state index contributed by atoms with van der Waals surface area (Å²) in [4.78, 5) is 10.8. The van der Waals surface area contributed by atoms with Crippen molar-refractivity contribution in [1.82, 2.24) is 4.57 Å². The average Bonchev–Trinajstić information content (AvgIpc) is 2.58. The van der Waals surface area contributed by atoms with Crippen LogP contribution in [0.25, 0.3) is 5.69 Å². The molecule has 0 amide bonds. The monoisotopic (exact) mass is 289 g/mol. The van der Waals surface area contributed by atoms with Gasteiger partial charge in [0.25, 0.3) is 0 Å². The lowest BCUT2D eigenvalue weighted by molar-refractivity contribution is 0.0697. The Labute approximate surface area is 112 Å². The van der Waals surface area contributed by atoms with Crippen molar-refractivity contribution in [3.05, 3.63) is 51.2 Å². The summed E-state index contributed by atoms with van der Waals surface area (Å²) >= 11 is 17.8. The van der Waals surface area contributed by atoms with E-state index >= 15 is 0 Å². The minimum Gasteiger partial charge on any atom is -0.478 e. The highest BCUT2D eigenvalue weighted by Crippen LogP contribution is 2.27. The van der Waals surface area contributed by atoms with Gasteiger partial charge in [-0.15, -0.1) is 0 Å². The van der Waals surface area contributed by atoms with E-state index in [-0.39, 0.29) is 10.6 Å². The third kappa shape index (κ3) is 2.27. The summed E-state index contributed by atoms with van der Waals surface area (Å²) in [6.07, 6.45) is 0. The minimum atomic E-state index is -1.08. The second-order valence-electron chi connectivity index (χ2n) is 3.28. The number of hydrogen-bond acceptors (Lipinski definition) is 1. The van der Waals surface area contributed by atoms with Crippen molar-refractivity contribution in [2.75, 3.05) is 0 Å². The molecular weight excluding hydrogens is 284 g/mol. The molecule has 0 aliphatic heterocycles. The lowest BCUT2D eigenvalue weighted by Gasteiger charge is -2.08. The fraction of sp³-hybridized carbons (Fsp3) is 0. The van der Waals surface area contributed by atoms with Crippen LogP contribution >= 0.6 is 34.8 Å². The zero-order valence-electron chi connectivity index (χ0n) is 8.32. The van der Waals surface area contributed by atoms with Crippen LogP contribution in [0.5, 0.6) is 0 Å². The van der Waals surface area contributed by atoms with Crippen LogP contribution in [0.15, 0.2) is 30.3 Å². The lowest BCUT2D eigenvalue weighted by atomic mass is 10.2. The smallest absolute Gasteiger partial charge is 0.337 e. The van der Waals surface area contributed by atoms with Gasteiger partial charge in [-0.25, -0.2) is 4.79 Å². The molecule has 0 unspecified atom stereocenters. The summed E-state index contributed by atoms with van der Waals surface area (Å²) in [5, 5.41) is 9.84. The summed E-state index contributed by atoms with van der Waals surface area (Å²) < 4.78 is 1.56. The van der Waals surface area contributed by atoms with E-state index in [0.29, 0.717) is 16.0 Å². The molecule has 2 rings (SSSR count). The molecule has 1 heterocycles. The van der Waals surface area contributed by atoms with Gasteiger partial charge in [0.1, 0.15) is 10.3 Å². The predicted octanol–water partition coefficient (Wildman–Crippen LogP) is 4.14. The maximum atomic E-state index is 10.8. The standard InChI is InChI=1S/C11H6Cl3NO2/c12-8-5-6(1-2-7(8)11(16)17)15-9(13)3-4-10(15)14/h1-5H,(H,16,17). The van der Waals surface area contributed by atoms with Crippen LogP contribution < -0.4 is 0 Å². The first-order chi connectivity index (χ1) is 8.00. The normalized spacial score (nSPS) is 10.5. The van der Waals surface area contributed by atoms with Gasteiger partial charge in [0.2, 0.25) is 0 Å². The zero-order valence-corrected chi connectivity index (χ0v) is 10.6. The van der Waals surface area contributed by atoms with E-state index in [9.17, 15) is 4.79 Å². The van der Waals surface area contributed by atoms with Gasteiger partial charge in [0.05, 0.1) is 10.6 Å². The molecule has 0 aliphatic carbocycles. The highest BCUT2D eigenvalue weighted by Gasteiger charge is 2.12. The van der Waals surface area contributed by atoms with Crippen LogP contribution in [0.2, 0.25) is 15.3 Å². The van der Waals surface area contributed by atoms with Gasteiger partial charge < -0.3 is 5.11 Å². The van der Waals surface area contributed by atoms with Gasteiger partial charge in [-0.05, 0) is 30.3 Å². The number of carboxylic acids is 1. The molecule has 1 aromatic carbocycles. The Bertz CT molecular complexity index is 573. The Kier molecular flexibility index (Phi) is 3.33. The maximum absolute atomic E-state index is 10.8. The number of aromatic nitrogens is 1. The SMILES string of the molecule is O=C(O)c1ccc(-n2c(Cl)ccc2Cl)cc1Cl. The topological polar surface area (TPSA) is 42.2 Å². The van der Waals surface area contributed by atoms with Gasteiger partial charge in [-0.1, -0.05) is 34.8 Å². The first kappa shape index (κ1) is 12.3. The number of benzene rings is 1. The molecule has 0 spiro atoms. The molecule has 0 atom stereocenters. The van der Waals surface area contributed by atoms with E-state index in [0.717, 1.165) is 0 Å². The van der Waals surface area contributed by atoms with Crippen molar-refractivity contribution in [1.29, 1.82) is 0 Å². The number of hydrogen-bond donors (Lipinski definition) is 1. The van der Waals surface area contributed by atoms with Gasteiger partial charge in [0.15, 0.2) is 0 Å². The molecule has 3 nitrogen and oxygen atoms in total. The highest BCUT2D eigenvalue weighted by atomic mass is 35.5. The first-order valence-corrected chi connectivity index (χ1v) is 5.70. The molecule has 1 aromatic heterocycles. The number of aromatic carboxylic acids is 1. The maximum Gasteiger partial charge on any atom is 0.337 e. The van der Waals surface area contributed by atoms with E-state index in [2.05, 4.69) is 0 Å². The van der Waals surface area contributed by atoms with Crippen LogP contribution in [0.1, 0.15) is 10.4 Å². The first-order valence-electron chi connectivity index (χ1n) is 4.56. The van der Waals surface area contributed by atoms with Crippen LogP contribution in [0, 0.1) is 0 Å². The number of rotatable bonds is 2. The van der Waals surface area contributed by atoms with E-state index in [1.165, 1.54) is 12.1 Å². The van der Waals surface area contributed by atoms with Crippen LogP contribution in [-0.4, -0.2) is 15.6 Å². The summed E-state index contributed by atoms with van der Waals surface area (Å²) in [6.45, 7) is 0. The van der Waals surface area contributed by atoms with E-state index in [1.807, 2.05) is 0 Å². The molecular formula is C11H6Cl3NO2. The predicted molar refractivity (Wildman–Crippen MR) is 67.8 cm³/mol. The Morgan fingerprint density at radius 1 is 1.06 bits per heavy atom. The summed E-state index contributed by atoms with van der Waals surface area (Å²) in [7, 11) is 0. The molecule has 0 radical (unpaired) electrons. The third-order valence-electron chi connectivity index (χ3n) is 2.23. The quantitative estimate of drug-likeness (QED) is 0.903. The van der Waals surface area contributed by atoms with Gasteiger partial charge >= 0.3 is 5.97 Å². The molecule has 0 fully saturated rings. The summed E-state index contributed by atoms with van der Waals surface area (Å²) in [6, 6.07) is 7.79. The van der Waals surface area contributed by atoms with Crippen LogP contribution in [0.4, 0.5) is 0 Å². The Morgan fingerprint density at radius 3 is 2.12 bits per heavy atom. The minimum absolute atomic E-state index is 0.0369. The van der Waals surface area contributed by atoms with Gasteiger partial charge in [-0.2, -0.15) is 0 Å². The van der Waals surface area contributed by atoms with Crippen molar-refractivity contribution in [3.8, 4) is 5.69 Å². The zero-order chi connectivity index (χ0) is 12.6. The molecule has 0 aliphatic rings. The van der Waals surface area contributed by atoms with Gasteiger partial charge in [0, 0.05) is 5.69 Å². The highest BCUT2D eigenvalue weighted by molar-refractivity contribution is 6.35. The molecule has 88 valence electrons. The van der Waals surface area contributed by atoms with Crippen molar-refractivity contribution >= 4 is 40.8 Å². The molecule has 6 heteroatoms. The molecule has 1 N–H and O–H groups in total. The van der Waals surface area contributed by atoms with Crippen LogP contribution in [0.3, 0.4) is 0 Å². The number of nitrogens with zero attached hydrogens (tertiary/aromatic N) is 1. The van der Waals surface area contributed by atoms with E-state index in [1.54, 1.807) is 22.8 Å². The number of halogens is 3. The molecule has 0 saturated heterocycles. The Balaban J connectivity index is 2.56. The van der Waals surface area contributed by atoms with Crippen molar-refractivity contribution in [3.63, 3.8) is 0 Å². The van der Waals surface area contributed by atoms with E-state index < -0.39 is 5.97 Å². The number of carboxylic acid groups (broad SMARTS) is 1. The molecule has 0 saturated carbocycles. The molecule has 17 heavy (non-hydrogen) atoms. The molecule has 0 bridgehead atoms. The Hall–Kier alpha value is -1.16. The molecule has 2 aromatic rings. The third-order valence-corrected chi connectivity index (χ3v) is 3.13. The average molecular weight is 291 g/mol. The fourth-order valence-electron chi connectivity index (χ4n) is 1.45. The van der Waals surface area contributed by atoms with E-state index in [4.69, 9.17) is 39.9 Å². The summed E-state index contributed by atoms with van der Waals surface area (Å²) in [5.74, 6) is -1.08. The number of carbonyl (C=O) groups is 1. The van der Waals surface area contributed by atoms with Crippen molar-refractivity contribution in [2.45, 2.75) is 0 Å². The van der Waals surface area contributed by atoms with Crippen molar-refractivity contribution < 1.29 is 9.90 Å². The fourth-order valence-corrected chi connectivity index (χ4v) is 2.25. The summed E-state index contributed by atoms with van der Waals surface area (Å²) in [5.41, 5.74) is 0.648. The lowest BCUT2D eigenvalue weighted by Crippen LogP contribution is -2.00. The second-order valence-corrected chi connectivity index (χ2v) is 4.47.